The van der Waals surface area contributed by atoms with Gasteiger partial charge in [-0.15, -0.1) is 11.8 Å². The highest BCUT2D eigenvalue weighted by atomic mass is 32.2. The van der Waals surface area contributed by atoms with E-state index in [9.17, 15) is 8.42 Å². The van der Waals surface area contributed by atoms with Crippen LogP contribution in [0, 0.1) is 12.8 Å². The Balaban J connectivity index is 1.95. The summed E-state index contributed by atoms with van der Waals surface area (Å²) in [6.45, 7) is 3.38. The monoisotopic (exact) mass is 314 g/mol. The van der Waals surface area contributed by atoms with Gasteiger partial charge in [0.2, 0.25) is 10.0 Å². The van der Waals surface area contributed by atoms with Crippen LogP contribution in [0.4, 0.5) is 5.69 Å². The van der Waals surface area contributed by atoms with E-state index >= 15 is 0 Å². The van der Waals surface area contributed by atoms with Gasteiger partial charge in [-0.1, -0.05) is 6.07 Å². The largest absolute Gasteiger partial charge is 0.399 e. The molecule has 0 aromatic heterocycles. The molecule has 0 aliphatic carbocycles. The van der Waals surface area contributed by atoms with Crippen LogP contribution in [0.25, 0.3) is 0 Å². The van der Waals surface area contributed by atoms with Crippen molar-refractivity contribution in [2.75, 3.05) is 30.8 Å². The number of hydrogen-bond donors (Lipinski definition) is 1. The minimum absolute atomic E-state index is 0.421. The molecule has 0 radical (unpaired) electrons. The molecule has 1 aliphatic heterocycles. The lowest BCUT2D eigenvalue weighted by Gasteiger charge is -2.30. The Morgan fingerprint density at radius 3 is 2.90 bits per heavy atom. The maximum absolute atomic E-state index is 11.6. The van der Waals surface area contributed by atoms with Crippen molar-refractivity contribution in [1.82, 2.24) is 4.31 Å². The minimum Gasteiger partial charge on any atom is -0.399 e. The SMILES string of the molecule is Cc1ccc(N)cc1SCC1CCCN(S(C)(=O)=O)C1. The number of anilines is 1. The normalized spacial score (nSPS) is 21.0. The standard InChI is InChI=1S/C14H22N2O2S2/c1-11-5-6-13(15)8-14(11)19-10-12-4-3-7-16(9-12)20(2,17)18/h5-6,8,12H,3-4,7,9-10,15H2,1-2H3. The van der Waals surface area contributed by atoms with E-state index in [-0.39, 0.29) is 0 Å². The van der Waals surface area contributed by atoms with Crippen LogP contribution in [0.3, 0.4) is 0 Å². The van der Waals surface area contributed by atoms with Gasteiger partial charge in [-0.3, -0.25) is 0 Å². The molecule has 0 amide bonds. The predicted molar refractivity (Wildman–Crippen MR) is 85.5 cm³/mol. The second-order valence-corrected chi connectivity index (χ2v) is 8.51. The second-order valence-electron chi connectivity index (χ2n) is 5.47. The highest BCUT2D eigenvalue weighted by Crippen LogP contribution is 2.29. The first kappa shape index (κ1) is 15.7. The van der Waals surface area contributed by atoms with Crippen LogP contribution in [-0.2, 0) is 10.0 Å². The van der Waals surface area contributed by atoms with Crippen LogP contribution in [0.2, 0.25) is 0 Å². The summed E-state index contributed by atoms with van der Waals surface area (Å²) in [5.41, 5.74) is 7.81. The summed E-state index contributed by atoms with van der Waals surface area (Å²) >= 11 is 1.78. The second kappa shape index (κ2) is 6.37. The van der Waals surface area contributed by atoms with E-state index in [2.05, 4.69) is 6.92 Å². The van der Waals surface area contributed by atoms with E-state index in [4.69, 9.17) is 5.73 Å². The number of nitrogens with zero attached hydrogens (tertiary/aromatic N) is 1. The first-order chi connectivity index (χ1) is 9.36. The van der Waals surface area contributed by atoms with E-state index < -0.39 is 10.0 Å². The Bertz CT molecular complexity index is 573. The summed E-state index contributed by atoms with van der Waals surface area (Å²) in [4.78, 5) is 1.20. The molecule has 1 unspecified atom stereocenters. The van der Waals surface area contributed by atoms with Crippen molar-refractivity contribution in [2.45, 2.75) is 24.7 Å². The Labute approximate surface area is 125 Å². The molecule has 2 rings (SSSR count). The third kappa shape index (κ3) is 4.14. The van der Waals surface area contributed by atoms with Gasteiger partial charge in [0.1, 0.15) is 0 Å². The van der Waals surface area contributed by atoms with Crippen LogP contribution in [0.5, 0.6) is 0 Å². The lowest BCUT2D eigenvalue weighted by atomic mass is 10.0. The predicted octanol–water partition coefficient (Wildman–Crippen LogP) is 2.34. The molecule has 1 aliphatic rings. The molecule has 6 heteroatoms. The first-order valence-corrected chi connectivity index (χ1v) is 9.63. The number of nitrogens with two attached hydrogens (primary N) is 1. The first-order valence-electron chi connectivity index (χ1n) is 6.80. The quantitative estimate of drug-likeness (QED) is 0.684. The highest BCUT2D eigenvalue weighted by Gasteiger charge is 2.25. The molecule has 20 heavy (non-hydrogen) atoms. The molecule has 1 heterocycles. The van der Waals surface area contributed by atoms with E-state index in [1.807, 2.05) is 18.2 Å². The van der Waals surface area contributed by atoms with Gasteiger partial charge in [0, 0.05) is 29.4 Å². The lowest BCUT2D eigenvalue weighted by molar-refractivity contribution is 0.286. The zero-order valence-corrected chi connectivity index (χ0v) is 13.6. The Hall–Kier alpha value is -0.720. The molecule has 0 saturated carbocycles. The Morgan fingerprint density at radius 1 is 1.45 bits per heavy atom. The van der Waals surface area contributed by atoms with Gasteiger partial charge in [-0.25, -0.2) is 12.7 Å². The molecule has 1 atom stereocenters. The summed E-state index contributed by atoms with van der Waals surface area (Å²) in [5.74, 6) is 1.36. The van der Waals surface area contributed by atoms with Crippen molar-refractivity contribution >= 4 is 27.5 Å². The summed E-state index contributed by atoms with van der Waals surface area (Å²) in [7, 11) is -3.05. The summed E-state index contributed by atoms with van der Waals surface area (Å²) in [6, 6.07) is 5.93. The van der Waals surface area contributed by atoms with E-state index in [1.165, 1.54) is 16.7 Å². The van der Waals surface area contributed by atoms with Crippen molar-refractivity contribution < 1.29 is 8.42 Å². The van der Waals surface area contributed by atoms with Gasteiger partial charge in [0.25, 0.3) is 0 Å². The van der Waals surface area contributed by atoms with Crippen molar-refractivity contribution in [3.8, 4) is 0 Å². The number of piperidine rings is 1. The molecule has 1 aromatic carbocycles. The Morgan fingerprint density at radius 2 is 2.20 bits per heavy atom. The topological polar surface area (TPSA) is 63.4 Å². The van der Waals surface area contributed by atoms with E-state index in [0.717, 1.165) is 24.3 Å². The van der Waals surface area contributed by atoms with Crippen LogP contribution in [0.15, 0.2) is 23.1 Å². The molecule has 1 aromatic rings. The number of hydrogen-bond acceptors (Lipinski definition) is 4. The maximum Gasteiger partial charge on any atom is 0.211 e. The van der Waals surface area contributed by atoms with Gasteiger partial charge in [-0.2, -0.15) is 0 Å². The average molecular weight is 314 g/mol. The average Bonchev–Trinajstić information content (AvgIpc) is 2.39. The summed E-state index contributed by atoms with van der Waals surface area (Å²) in [6.07, 6.45) is 3.35. The maximum atomic E-state index is 11.6. The fourth-order valence-corrected chi connectivity index (χ4v) is 4.59. The smallest absolute Gasteiger partial charge is 0.211 e. The Kier molecular flexibility index (Phi) is 4.99. The molecular formula is C14H22N2O2S2. The number of benzene rings is 1. The van der Waals surface area contributed by atoms with Gasteiger partial charge in [0.15, 0.2) is 0 Å². The van der Waals surface area contributed by atoms with Gasteiger partial charge in [0.05, 0.1) is 6.26 Å². The summed E-state index contributed by atoms with van der Waals surface area (Å²) in [5, 5.41) is 0. The van der Waals surface area contributed by atoms with Crippen molar-refractivity contribution in [3.63, 3.8) is 0 Å². The molecule has 0 bridgehead atoms. The third-order valence-electron chi connectivity index (χ3n) is 3.64. The van der Waals surface area contributed by atoms with E-state index in [0.29, 0.717) is 19.0 Å². The van der Waals surface area contributed by atoms with Crippen molar-refractivity contribution in [2.24, 2.45) is 5.92 Å². The third-order valence-corrected chi connectivity index (χ3v) is 6.30. The number of thioether (sulfide) groups is 1. The zero-order valence-electron chi connectivity index (χ0n) is 12.0. The molecule has 2 N–H and O–H groups in total. The van der Waals surface area contributed by atoms with Gasteiger partial charge in [-0.05, 0) is 43.4 Å². The molecule has 1 saturated heterocycles. The van der Waals surface area contributed by atoms with Crippen LogP contribution in [-0.4, -0.2) is 37.8 Å². The number of rotatable bonds is 4. The van der Waals surface area contributed by atoms with Gasteiger partial charge < -0.3 is 5.73 Å². The fourth-order valence-electron chi connectivity index (χ4n) is 2.44. The number of aryl methyl sites for hydroxylation is 1. The van der Waals surface area contributed by atoms with Crippen LogP contribution in [0.1, 0.15) is 18.4 Å². The number of sulfonamides is 1. The molecule has 0 spiro atoms. The fraction of sp³-hybridized carbons (Fsp3) is 0.571. The molecule has 4 nitrogen and oxygen atoms in total. The van der Waals surface area contributed by atoms with Crippen LogP contribution >= 0.6 is 11.8 Å². The lowest BCUT2D eigenvalue weighted by Crippen LogP contribution is -2.39. The van der Waals surface area contributed by atoms with Crippen LogP contribution < -0.4 is 5.73 Å². The van der Waals surface area contributed by atoms with Crippen molar-refractivity contribution in [1.29, 1.82) is 0 Å². The minimum atomic E-state index is -3.05. The zero-order chi connectivity index (χ0) is 14.8. The molecule has 112 valence electrons. The molecular weight excluding hydrogens is 292 g/mol. The molecule has 1 fully saturated rings. The number of nitrogen functional groups attached to an aromatic ring is 1. The summed E-state index contributed by atoms with van der Waals surface area (Å²) < 4.78 is 24.8. The van der Waals surface area contributed by atoms with Crippen molar-refractivity contribution in [3.05, 3.63) is 23.8 Å². The van der Waals surface area contributed by atoms with Gasteiger partial charge >= 0.3 is 0 Å². The van der Waals surface area contributed by atoms with E-state index in [1.54, 1.807) is 16.1 Å². The highest BCUT2D eigenvalue weighted by molar-refractivity contribution is 7.99.